The molecule has 0 spiro atoms. The van der Waals surface area contributed by atoms with Gasteiger partial charge in [0.25, 0.3) is 0 Å². The Morgan fingerprint density at radius 2 is 1.05 bits per heavy atom. The Labute approximate surface area is 322 Å². The molecule has 1 aliphatic carbocycles. The van der Waals surface area contributed by atoms with Gasteiger partial charge >= 0.3 is 27.6 Å². The van der Waals surface area contributed by atoms with Gasteiger partial charge in [-0.3, -0.25) is 18.4 Å². The van der Waals surface area contributed by atoms with Gasteiger partial charge in [-0.05, 0) is 60.7 Å². The van der Waals surface area contributed by atoms with E-state index in [1.807, 2.05) is 0 Å². The van der Waals surface area contributed by atoms with Crippen molar-refractivity contribution in [2.75, 3.05) is 13.2 Å². The van der Waals surface area contributed by atoms with Crippen LogP contribution in [0.5, 0.6) is 0 Å². The molecule has 16 nitrogen and oxygen atoms in total. The number of carbonyl (C=O) groups excluding carboxylic acids is 2. The summed E-state index contributed by atoms with van der Waals surface area (Å²) in [6.45, 7) is 2.18. The SMILES string of the molecule is CC#CC#CC#CC#CC#CC(=O)OC[C@@H](COP(=O)(O)OC1C(O)[C@@H](O)C(OP(=O)(O)O)[C@@H](O)[C@H]1O)OC(=O)CCCCCCCCCCCCCCC. The van der Waals surface area contributed by atoms with Crippen LogP contribution in [0.15, 0.2) is 0 Å². The lowest BCUT2D eigenvalue weighted by molar-refractivity contribution is -0.216. The van der Waals surface area contributed by atoms with Crippen molar-refractivity contribution >= 4 is 27.6 Å². The number of esters is 2. The van der Waals surface area contributed by atoms with Crippen LogP contribution >= 0.6 is 15.6 Å². The van der Waals surface area contributed by atoms with Crippen molar-refractivity contribution in [1.29, 1.82) is 0 Å². The number of aliphatic hydroxyl groups excluding tert-OH is 4. The first-order valence-electron chi connectivity index (χ1n) is 18.0. The maximum atomic E-state index is 12.8. The molecule has 1 saturated carbocycles. The molecule has 0 amide bonds. The van der Waals surface area contributed by atoms with E-state index in [1.54, 1.807) is 6.92 Å². The molecular weight excluding hydrogens is 762 g/mol. The number of phosphoric ester groups is 2. The second-order valence-corrected chi connectivity index (χ2v) is 15.0. The van der Waals surface area contributed by atoms with E-state index in [0.29, 0.717) is 6.42 Å². The Balaban J connectivity index is 2.78. The summed E-state index contributed by atoms with van der Waals surface area (Å²) in [6.07, 6.45) is -0.915. The molecule has 0 radical (unpaired) electrons. The third-order valence-electron chi connectivity index (χ3n) is 7.89. The first kappa shape index (κ1) is 49.8. The quantitative estimate of drug-likeness (QED) is 0.0243. The minimum atomic E-state index is -5.33. The topological polar surface area (TPSA) is 256 Å². The summed E-state index contributed by atoms with van der Waals surface area (Å²) in [5.41, 5.74) is 0. The van der Waals surface area contributed by atoms with Crippen LogP contribution in [-0.2, 0) is 41.8 Å². The van der Waals surface area contributed by atoms with Gasteiger partial charge in [0.05, 0.1) is 6.61 Å². The van der Waals surface area contributed by atoms with E-state index in [2.05, 4.69) is 70.7 Å². The van der Waals surface area contributed by atoms with Crippen LogP contribution in [0.1, 0.15) is 104 Å². The molecule has 0 aliphatic heterocycles. The highest BCUT2D eigenvalue weighted by molar-refractivity contribution is 7.47. The molecule has 306 valence electrons. The first-order chi connectivity index (χ1) is 26.1. The van der Waals surface area contributed by atoms with E-state index < -0.39 is 83.5 Å². The zero-order valence-corrected chi connectivity index (χ0v) is 32.8. The smallest absolute Gasteiger partial charge is 0.456 e. The van der Waals surface area contributed by atoms with Crippen LogP contribution in [0.4, 0.5) is 0 Å². The normalized spacial score (nSPS) is 21.8. The van der Waals surface area contributed by atoms with Crippen molar-refractivity contribution in [3.05, 3.63) is 0 Å². The maximum Gasteiger partial charge on any atom is 0.472 e. The minimum absolute atomic E-state index is 0.0184. The van der Waals surface area contributed by atoms with Gasteiger partial charge in [0.2, 0.25) is 0 Å². The molecule has 4 unspecified atom stereocenters. The Hall–Kier alpha value is -3.20. The zero-order valence-electron chi connectivity index (χ0n) is 31.1. The molecule has 1 fully saturated rings. The molecule has 1 aliphatic rings. The molecule has 0 aromatic rings. The highest BCUT2D eigenvalue weighted by atomic mass is 31.2. The van der Waals surface area contributed by atoms with Gasteiger partial charge in [0.15, 0.2) is 6.10 Å². The lowest BCUT2D eigenvalue weighted by Gasteiger charge is -2.43. The van der Waals surface area contributed by atoms with Gasteiger partial charge in [-0.25, -0.2) is 13.9 Å². The zero-order chi connectivity index (χ0) is 41.1. The molecule has 0 aromatic heterocycles. The molecule has 1 rings (SSSR count). The molecular formula is C37H52O16P2. The molecule has 0 saturated heterocycles. The van der Waals surface area contributed by atoms with Gasteiger partial charge in [-0.1, -0.05) is 89.9 Å². The second-order valence-electron chi connectivity index (χ2n) is 12.4. The highest BCUT2D eigenvalue weighted by Gasteiger charge is 2.54. The number of unbranched alkanes of at least 4 members (excludes halogenated alkanes) is 12. The summed E-state index contributed by atoms with van der Waals surface area (Å²) >= 11 is 0. The predicted molar refractivity (Wildman–Crippen MR) is 197 cm³/mol. The molecule has 7 N–H and O–H groups in total. The summed E-state index contributed by atoms with van der Waals surface area (Å²) in [5.74, 6) is 21.8. The number of aliphatic hydroxyl groups is 4. The van der Waals surface area contributed by atoms with E-state index in [1.165, 1.54) is 44.9 Å². The van der Waals surface area contributed by atoms with Crippen LogP contribution in [0.2, 0.25) is 0 Å². The summed E-state index contributed by atoms with van der Waals surface area (Å²) in [4.78, 5) is 53.1. The van der Waals surface area contributed by atoms with Crippen molar-refractivity contribution in [3.63, 3.8) is 0 Å². The minimum Gasteiger partial charge on any atom is -0.456 e. The number of carbonyl (C=O) groups is 2. The Bertz CT molecular complexity index is 1590. The number of rotatable bonds is 24. The average Bonchev–Trinajstić information content (AvgIpc) is 3.13. The highest BCUT2D eigenvalue weighted by Crippen LogP contribution is 2.48. The van der Waals surface area contributed by atoms with Gasteiger partial charge in [-0.15, -0.1) is 0 Å². The summed E-state index contributed by atoms with van der Waals surface area (Å²) in [6, 6.07) is 0. The van der Waals surface area contributed by atoms with Gasteiger partial charge < -0.3 is 44.6 Å². The fourth-order valence-corrected chi connectivity index (χ4v) is 6.68. The standard InChI is InChI=1S/C37H52O16P2/c1-3-5-7-9-11-13-14-15-16-18-20-22-24-26-31(39)51-29(27-49-30(38)25-23-21-19-17-12-10-8-6-4-2)28-50-55(47,48)53-37-34(42)32(40)36(33(41)35(37)43)52-54(44,45)46/h29,32-37,40-43H,3,5,7,9,11,13-16,18,20,22,24,26-28H2,1-2H3,(H,47,48)(H2,44,45,46)/t29-,32-,33+,34+,35?,36?,37?/m0/s1. The Morgan fingerprint density at radius 3 is 1.53 bits per heavy atom. The van der Waals surface area contributed by atoms with Crippen molar-refractivity contribution in [3.8, 4) is 59.2 Å². The predicted octanol–water partition coefficient (Wildman–Crippen LogP) is 2.40. The van der Waals surface area contributed by atoms with Crippen LogP contribution in [0, 0.1) is 59.2 Å². The second kappa shape index (κ2) is 28.2. The fourth-order valence-electron chi connectivity index (χ4n) is 5.14. The molecule has 18 heteroatoms. The third kappa shape index (κ3) is 23.5. The van der Waals surface area contributed by atoms with Gasteiger partial charge in [0.1, 0.15) is 43.2 Å². The van der Waals surface area contributed by atoms with Crippen molar-refractivity contribution in [2.24, 2.45) is 0 Å². The molecule has 0 bridgehead atoms. The van der Waals surface area contributed by atoms with E-state index in [-0.39, 0.29) is 6.42 Å². The number of hydrogen-bond acceptors (Lipinski definition) is 13. The maximum absolute atomic E-state index is 12.8. The van der Waals surface area contributed by atoms with Crippen LogP contribution < -0.4 is 0 Å². The van der Waals surface area contributed by atoms with E-state index in [0.717, 1.165) is 32.1 Å². The largest absolute Gasteiger partial charge is 0.472 e. The number of hydrogen-bond donors (Lipinski definition) is 7. The van der Waals surface area contributed by atoms with Crippen LogP contribution in [0.3, 0.4) is 0 Å². The lowest BCUT2D eigenvalue weighted by atomic mass is 9.85. The summed E-state index contributed by atoms with van der Waals surface area (Å²) in [7, 11) is -10.7. The van der Waals surface area contributed by atoms with Gasteiger partial charge in [-0.2, -0.15) is 0 Å². The van der Waals surface area contributed by atoms with E-state index in [9.17, 15) is 44.0 Å². The number of ether oxygens (including phenoxy) is 2. The fraction of sp³-hybridized carbons (Fsp3) is 0.676. The molecule has 8 atom stereocenters. The summed E-state index contributed by atoms with van der Waals surface area (Å²) in [5, 5.41) is 41.1. The molecule has 0 heterocycles. The van der Waals surface area contributed by atoms with Crippen molar-refractivity contribution in [1.82, 2.24) is 0 Å². The first-order valence-corrected chi connectivity index (χ1v) is 21.0. The lowest BCUT2D eigenvalue weighted by Crippen LogP contribution is -2.64. The van der Waals surface area contributed by atoms with E-state index >= 15 is 0 Å². The summed E-state index contributed by atoms with van der Waals surface area (Å²) < 4.78 is 48.2. The van der Waals surface area contributed by atoms with Crippen molar-refractivity contribution < 1.29 is 76.9 Å². The van der Waals surface area contributed by atoms with Crippen molar-refractivity contribution in [2.45, 2.75) is 146 Å². The van der Waals surface area contributed by atoms with Crippen LogP contribution in [-0.4, -0.2) is 103 Å². The van der Waals surface area contributed by atoms with Crippen LogP contribution in [0.25, 0.3) is 0 Å². The van der Waals surface area contributed by atoms with Gasteiger partial charge in [0, 0.05) is 12.3 Å². The number of phosphoric acid groups is 2. The molecule has 55 heavy (non-hydrogen) atoms. The third-order valence-corrected chi connectivity index (χ3v) is 9.40. The monoisotopic (exact) mass is 814 g/mol. The average molecular weight is 815 g/mol. The molecule has 0 aromatic carbocycles. The Morgan fingerprint density at radius 1 is 0.618 bits per heavy atom. The van der Waals surface area contributed by atoms with E-state index in [4.69, 9.17) is 28.3 Å². The Kier molecular flexibility index (Phi) is 25.6.